The van der Waals surface area contributed by atoms with Crippen molar-refractivity contribution in [2.45, 2.75) is 13.0 Å². The minimum atomic E-state index is -0.682. The topological polar surface area (TPSA) is 70.7 Å². The molecule has 2 aromatic rings. The minimum absolute atomic E-state index is 0.0963. The summed E-state index contributed by atoms with van der Waals surface area (Å²) in [5, 5.41) is 5.56. The lowest BCUT2D eigenvalue weighted by Gasteiger charge is -2.20. The predicted octanol–water partition coefficient (Wildman–Crippen LogP) is 2.72. The van der Waals surface area contributed by atoms with Gasteiger partial charge in [-0.25, -0.2) is 8.78 Å². The molecule has 2 amide bonds. The monoisotopic (exact) mass is 391 g/mol. The van der Waals surface area contributed by atoms with Crippen molar-refractivity contribution in [2.24, 2.45) is 0 Å². The maximum absolute atomic E-state index is 13.8. The molecule has 0 heterocycles. The number of carbonyl (C=O) groups is 2. The predicted molar refractivity (Wildman–Crippen MR) is 102 cm³/mol. The number of hydrogen-bond acceptors (Lipinski definition) is 4. The third-order valence-electron chi connectivity index (χ3n) is 4.15. The van der Waals surface area contributed by atoms with Crippen LogP contribution in [0.4, 0.5) is 14.5 Å². The fraction of sp³-hybridized carbons (Fsp3) is 0.300. The van der Waals surface area contributed by atoms with E-state index in [1.54, 1.807) is 31.2 Å². The van der Waals surface area contributed by atoms with E-state index in [0.717, 1.165) is 12.1 Å². The van der Waals surface area contributed by atoms with Gasteiger partial charge in [-0.2, -0.15) is 0 Å². The van der Waals surface area contributed by atoms with Crippen molar-refractivity contribution < 1.29 is 23.1 Å². The van der Waals surface area contributed by atoms with Crippen molar-refractivity contribution in [1.82, 2.24) is 10.2 Å². The molecule has 8 heteroatoms. The Balaban J connectivity index is 1.83. The Labute approximate surface area is 162 Å². The SMILES string of the molecule is COc1cccc(NC(=O)CN(C)C(=O)CN[C@@H](C)c2ccc(F)cc2F)c1. The maximum atomic E-state index is 13.8. The van der Waals surface area contributed by atoms with Crippen molar-refractivity contribution in [1.29, 1.82) is 0 Å². The summed E-state index contributed by atoms with van der Waals surface area (Å²) in [6.45, 7) is 1.43. The zero-order valence-electron chi connectivity index (χ0n) is 16.0. The Bertz CT molecular complexity index is 845. The Morgan fingerprint density at radius 2 is 1.93 bits per heavy atom. The fourth-order valence-electron chi connectivity index (χ4n) is 2.54. The smallest absolute Gasteiger partial charge is 0.243 e. The van der Waals surface area contributed by atoms with Crippen LogP contribution in [0.15, 0.2) is 42.5 Å². The van der Waals surface area contributed by atoms with Crippen LogP contribution in [0, 0.1) is 11.6 Å². The number of hydrogen-bond donors (Lipinski definition) is 2. The van der Waals surface area contributed by atoms with Gasteiger partial charge in [0.2, 0.25) is 11.8 Å². The van der Waals surface area contributed by atoms with E-state index < -0.39 is 17.7 Å². The molecule has 150 valence electrons. The third-order valence-corrected chi connectivity index (χ3v) is 4.15. The molecule has 0 saturated carbocycles. The zero-order valence-corrected chi connectivity index (χ0v) is 16.0. The number of likely N-dealkylation sites (N-methyl/N-ethyl adjacent to an activating group) is 1. The van der Waals surface area contributed by atoms with E-state index in [1.165, 1.54) is 25.1 Å². The first kappa shape index (κ1) is 21.3. The van der Waals surface area contributed by atoms with E-state index >= 15 is 0 Å². The number of methoxy groups -OCH3 is 1. The summed E-state index contributed by atoms with van der Waals surface area (Å²) in [5.41, 5.74) is 0.816. The van der Waals surface area contributed by atoms with E-state index in [-0.39, 0.29) is 30.5 Å². The summed E-state index contributed by atoms with van der Waals surface area (Å²) in [5.74, 6) is -1.44. The molecule has 2 N–H and O–H groups in total. The van der Waals surface area contributed by atoms with Crippen LogP contribution in [0.25, 0.3) is 0 Å². The molecular weight excluding hydrogens is 368 g/mol. The van der Waals surface area contributed by atoms with Crippen LogP contribution in [0.5, 0.6) is 5.75 Å². The molecule has 0 radical (unpaired) electrons. The van der Waals surface area contributed by atoms with Gasteiger partial charge in [0.05, 0.1) is 20.2 Å². The minimum Gasteiger partial charge on any atom is -0.497 e. The second kappa shape index (κ2) is 9.80. The first-order chi connectivity index (χ1) is 13.3. The number of benzene rings is 2. The van der Waals surface area contributed by atoms with Crippen molar-refractivity contribution in [3.63, 3.8) is 0 Å². The highest BCUT2D eigenvalue weighted by molar-refractivity contribution is 5.94. The molecule has 0 aliphatic carbocycles. The molecule has 1 atom stereocenters. The van der Waals surface area contributed by atoms with E-state index in [2.05, 4.69) is 10.6 Å². The van der Waals surface area contributed by atoms with Crippen LogP contribution in [-0.4, -0.2) is 44.0 Å². The van der Waals surface area contributed by atoms with Crippen LogP contribution < -0.4 is 15.4 Å². The highest BCUT2D eigenvalue weighted by Crippen LogP contribution is 2.18. The second-order valence-corrected chi connectivity index (χ2v) is 6.30. The van der Waals surface area contributed by atoms with Gasteiger partial charge < -0.3 is 20.3 Å². The molecule has 28 heavy (non-hydrogen) atoms. The lowest BCUT2D eigenvalue weighted by molar-refractivity contribution is -0.132. The molecule has 2 rings (SSSR count). The quantitative estimate of drug-likeness (QED) is 0.726. The van der Waals surface area contributed by atoms with Gasteiger partial charge in [-0.1, -0.05) is 12.1 Å². The Hall–Kier alpha value is -3.00. The normalized spacial score (nSPS) is 11.6. The van der Waals surface area contributed by atoms with E-state index in [0.29, 0.717) is 11.4 Å². The maximum Gasteiger partial charge on any atom is 0.243 e. The molecule has 2 aromatic carbocycles. The highest BCUT2D eigenvalue weighted by atomic mass is 19.1. The third kappa shape index (κ3) is 6.02. The van der Waals surface area contributed by atoms with E-state index in [4.69, 9.17) is 4.74 Å². The van der Waals surface area contributed by atoms with Crippen LogP contribution in [0.3, 0.4) is 0 Å². The average molecular weight is 391 g/mol. The lowest BCUT2D eigenvalue weighted by atomic mass is 10.1. The second-order valence-electron chi connectivity index (χ2n) is 6.30. The van der Waals surface area contributed by atoms with Crippen molar-refractivity contribution in [3.05, 3.63) is 59.7 Å². The van der Waals surface area contributed by atoms with Crippen molar-refractivity contribution >= 4 is 17.5 Å². The number of nitrogens with one attached hydrogen (secondary N) is 2. The number of rotatable bonds is 8. The molecule has 0 aliphatic heterocycles. The lowest BCUT2D eigenvalue weighted by Crippen LogP contribution is -2.40. The van der Waals surface area contributed by atoms with E-state index in [9.17, 15) is 18.4 Å². The first-order valence-corrected chi connectivity index (χ1v) is 8.66. The van der Waals surface area contributed by atoms with Crippen LogP contribution in [0.1, 0.15) is 18.5 Å². The number of ether oxygens (including phenoxy) is 1. The summed E-state index contributed by atoms with van der Waals surface area (Å²) in [7, 11) is 3.03. The van der Waals surface area contributed by atoms with Gasteiger partial charge in [0.25, 0.3) is 0 Å². The molecular formula is C20H23F2N3O3. The van der Waals surface area contributed by atoms with Crippen LogP contribution in [0.2, 0.25) is 0 Å². The van der Waals surface area contributed by atoms with Crippen LogP contribution >= 0.6 is 0 Å². The van der Waals surface area contributed by atoms with Crippen LogP contribution in [-0.2, 0) is 9.59 Å². The summed E-state index contributed by atoms with van der Waals surface area (Å²) in [6, 6.07) is 9.66. The van der Waals surface area contributed by atoms with Crippen molar-refractivity contribution in [3.8, 4) is 5.75 Å². The zero-order chi connectivity index (χ0) is 20.7. The summed E-state index contributed by atoms with van der Waals surface area (Å²) in [6.07, 6.45) is 0. The number of carbonyl (C=O) groups excluding carboxylic acids is 2. The van der Waals surface area contributed by atoms with Gasteiger partial charge in [-0.3, -0.25) is 9.59 Å². The van der Waals surface area contributed by atoms with Gasteiger partial charge >= 0.3 is 0 Å². The fourth-order valence-corrected chi connectivity index (χ4v) is 2.54. The first-order valence-electron chi connectivity index (χ1n) is 8.66. The Morgan fingerprint density at radius 3 is 2.61 bits per heavy atom. The van der Waals surface area contributed by atoms with Gasteiger partial charge in [-0.05, 0) is 25.1 Å². The number of nitrogens with zero attached hydrogens (tertiary/aromatic N) is 1. The molecule has 0 spiro atoms. The molecule has 0 fully saturated rings. The average Bonchev–Trinajstić information content (AvgIpc) is 2.65. The Morgan fingerprint density at radius 1 is 1.18 bits per heavy atom. The standard InChI is InChI=1S/C20H23F2N3O3/c1-13(17-8-7-14(21)9-18(17)22)23-11-20(27)25(2)12-19(26)24-15-5-4-6-16(10-15)28-3/h4-10,13,23H,11-12H2,1-3H3,(H,24,26)/t13-/m0/s1. The van der Waals surface area contributed by atoms with Gasteiger partial charge in [-0.15, -0.1) is 0 Å². The highest BCUT2D eigenvalue weighted by Gasteiger charge is 2.16. The van der Waals surface area contributed by atoms with Gasteiger partial charge in [0.1, 0.15) is 17.4 Å². The molecule has 0 aliphatic rings. The number of anilines is 1. The van der Waals surface area contributed by atoms with Gasteiger partial charge in [0, 0.05) is 36.5 Å². The molecule has 0 bridgehead atoms. The molecule has 0 aromatic heterocycles. The molecule has 0 unspecified atom stereocenters. The number of halogens is 2. The molecule has 6 nitrogen and oxygen atoms in total. The van der Waals surface area contributed by atoms with Crippen molar-refractivity contribution in [2.75, 3.05) is 32.6 Å². The summed E-state index contributed by atoms with van der Waals surface area (Å²) in [4.78, 5) is 25.6. The largest absolute Gasteiger partial charge is 0.497 e. The summed E-state index contributed by atoms with van der Waals surface area (Å²) >= 11 is 0. The number of amides is 2. The summed E-state index contributed by atoms with van der Waals surface area (Å²) < 4.78 is 31.9. The molecule has 0 saturated heterocycles. The van der Waals surface area contributed by atoms with Gasteiger partial charge in [0.15, 0.2) is 0 Å². The Kier molecular flexibility index (Phi) is 7.45. The van der Waals surface area contributed by atoms with E-state index in [1.807, 2.05) is 0 Å².